The van der Waals surface area contributed by atoms with E-state index in [4.69, 9.17) is 0 Å². The van der Waals surface area contributed by atoms with Gasteiger partial charge in [-0.2, -0.15) is 11.8 Å². The Hall–Kier alpha value is -0.115. The third-order valence-electron chi connectivity index (χ3n) is 1.41. The van der Waals surface area contributed by atoms with Crippen LogP contribution in [-0.4, -0.2) is 31.3 Å². The van der Waals surface area contributed by atoms with Crippen molar-refractivity contribution in [3.8, 4) is 0 Å². The Kier molecular flexibility index (Phi) is 3.12. The van der Waals surface area contributed by atoms with E-state index in [2.05, 4.69) is 4.74 Å². The SMILES string of the molecule is COC(=O)CCSC1BC1. The second kappa shape index (κ2) is 3.91. The highest BCUT2D eigenvalue weighted by molar-refractivity contribution is 8.02. The molecule has 4 heteroatoms. The topological polar surface area (TPSA) is 26.3 Å². The minimum Gasteiger partial charge on any atom is -0.469 e. The van der Waals surface area contributed by atoms with Crippen LogP contribution in [0.15, 0.2) is 0 Å². The number of methoxy groups -OCH3 is 1. The van der Waals surface area contributed by atoms with Gasteiger partial charge in [-0.15, -0.1) is 0 Å². The first-order valence-corrected chi connectivity index (χ1v) is 4.56. The lowest BCUT2D eigenvalue weighted by Crippen LogP contribution is -2.01. The zero-order valence-corrected chi connectivity index (χ0v) is 6.95. The van der Waals surface area contributed by atoms with E-state index in [0.717, 1.165) is 10.9 Å². The van der Waals surface area contributed by atoms with Gasteiger partial charge < -0.3 is 4.74 Å². The Bertz CT molecular complexity index is 125. The van der Waals surface area contributed by atoms with Crippen molar-refractivity contribution in [2.45, 2.75) is 17.9 Å². The van der Waals surface area contributed by atoms with Gasteiger partial charge in [0.1, 0.15) is 7.28 Å². The molecule has 2 nitrogen and oxygen atoms in total. The fraction of sp³-hybridized carbons (Fsp3) is 0.833. The first kappa shape index (κ1) is 7.99. The van der Waals surface area contributed by atoms with Gasteiger partial charge in [0.2, 0.25) is 0 Å². The summed E-state index contributed by atoms with van der Waals surface area (Å²) >= 11 is 1.89. The van der Waals surface area contributed by atoms with E-state index in [1.54, 1.807) is 0 Å². The molecule has 0 bridgehead atoms. The summed E-state index contributed by atoms with van der Waals surface area (Å²) in [6.07, 6.45) is 1.91. The van der Waals surface area contributed by atoms with Gasteiger partial charge in [0.15, 0.2) is 0 Å². The maximum Gasteiger partial charge on any atom is 0.306 e. The normalized spacial score (nSPS) is 21.5. The van der Waals surface area contributed by atoms with Crippen LogP contribution in [0.4, 0.5) is 0 Å². The summed E-state index contributed by atoms with van der Waals surface area (Å²) in [4.78, 5) is 10.6. The predicted octanol–water partition coefficient (Wildman–Crippen LogP) is 0.477. The molecule has 10 heavy (non-hydrogen) atoms. The third kappa shape index (κ3) is 3.15. The Morgan fingerprint density at radius 3 is 3.10 bits per heavy atom. The third-order valence-corrected chi connectivity index (χ3v) is 2.79. The molecule has 1 unspecified atom stereocenters. The molecule has 0 spiro atoms. The van der Waals surface area contributed by atoms with E-state index in [1.165, 1.54) is 20.7 Å². The van der Waals surface area contributed by atoms with E-state index in [0.29, 0.717) is 6.42 Å². The van der Waals surface area contributed by atoms with Crippen LogP contribution < -0.4 is 0 Å². The van der Waals surface area contributed by atoms with E-state index < -0.39 is 0 Å². The minimum atomic E-state index is -0.0897. The molecule has 0 aromatic carbocycles. The molecule has 1 heterocycles. The molecule has 1 saturated heterocycles. The molecule has 1 aliphatic heterocycles. The second-order valence-corrected chi connectivity index (χ2v) is 3.80. The number of carbonyl (C=O) groups excluding carboxylic acids is 1. The summed E-state index contributed by atoms with van der Waals surface area (Å²) in [7, 11) is 2.77. The van der Waals surface area contributed by atoms with Crippen LogP contribution in [0.1, 0.15) is 6.42 Å². The van der Waals surface area contributed by atoms with Crippen molar-refractivity contribution in [3.05, 3.63) is 0 Å². The lowest BCUT2D eigenvalue weighted by atomic mass is 10.1. The zero-order valence-electron chi connectivity index (χ0n) is 6.13. The molecule has 0 N–H and O–H groups in total. The van der Waals surface area contributed by atoms with Crippen LogP contribution in [0.3, 0.4) is 0 Å². The predicted molar refractivity (Wildman–Crippen MR) is 44.8 cm³/mol. The second-order valence-electron chi connectivity index (χ2n) is 2.40. The van der Waals surface area contributed by atoms with Gasteiger partial charge in [-0.05, 0) is 5.15 Å². The van der Waals surface area contributed by atoms with Crippen LogP contribution in [0, 0.1) is 0 Å². The quantitative estimate of drug-likeness (QED) is 0.439. The average Bonchev–Trinajstić information content (AvgIpc) is 2.71. The molecule has 1 rings (SSSR count). The number of hydrogen-bond acceptors (Lipinski definition) is 3. The molecule has 0 radical (unpaired) electrons. The van der Waals surface area contributed by atoms with E-state index in [9.17, 15) is 4.79 Å². The number of rotatable bonds is 4. The van der Waals surface area contributed by atoms with Crippen LogP contribution in [0.2, 0.25) is 6.32 Å². The number of thioether (sulfide) groups is 1. The summed E-state index contributed by atoms with van der Waals surface area (Å²) < 4.78 is 4.50. The minimum absolute atomic E-state index is 0.0897. The van der Waals surface area contributed by atoms with Crippen molar-refractivity contribution in [1.82, 2.24) is 0 Å². The van der Waals surface area contributed by atoms with Gasteiger partial charge in [-0.3, -0.25) is 4.79 Å². The molecular formula is C6H11BO2S. The van der Waals surface area contributed by atoms with Crippen molar-refractivity contribution >= 4 is 25.0 Å². The molecule has 0 amide bonds. The fourth-order valence-corrected chi connectivity index (χ4v) is 1.73. The Labute approximate surface area is 65.9 Å². The Balaban J connectivity index is 1.88. The van der Waals surface area contributed by atoms with Gasteiger partial charge in [-0.1, -0.05) is 6.32 Å². The van der Waals surface area contributed by atoms with E-state index >= 15 is 0 Å². The van der Waals surface area contributed by atoms with Crippen molar-refractivity contribution in [1.29, 1.82) is 0 Å². The van der Waals surface area contributed by atoms with Crippen molar-refractivity contribution in [2.24, 2.45) is 0 Å². The maximum atomic E-state index is 10.6. The molecule has 0 aromatic rings. The summed E-state index contributed by atoms with van der Waals surface area (Å²) in [5, 5.41) is 0.852. The molecule has 1 fully saturated rings. The fourth-order valence-electron chi connectivity index (χ4n) is 0.646. The summed E-state index contributed by atoms with van der Waals surface area (Å²) in [5.41, 5.74) is 0. The average molecular weight is 158 g/mol. The number of hydrogen-bond donors (Lipinski definition) is 0. The van der Waals surface area contributed by atoms with Gasteiger partial charge in [0.05, 0.1) is 13.5 Å². The monoisotopic (exact) mass is 158 g/mol. The van der Waals surface area contributed by atoms with Gasteiger partial charge in [-0.25, -0.2) is 0 Å². The van der Waals surface area contributed by atoms with Crippen molar-refractivity contribution in [2.75, 3.05) is 12.9 Å². The lowest BCUT2D eigenvalue weighted by Gasteiger charge is -1.97. The van der Waals surface area contributed by atoms with Crippen LogP contribution >= 0.6 is 11.8 Å². The highest BCUT2D eigenvalue weighted by Gasteiger charge is 2.23. The molecule has 0 aliphatic carbocycles. The van der Waals surface area contributed by atoms with Gasteiger partial charge in [0.25, 0.3) is 0 Å². The zero-order chi connectivity index (χ0) is 7.40. The molecule has 56 valence electrons. The van der Waals surface area contributed by atoms with E-state index in [-0.39, 0.29) is 5.97 Å². The smallest absolute Gasteiger partial charge is 0.306 e. The van der Waals surface area contributed by atoms with Crippen LogP contribution in [0.25, 0.3) is 0 Å². The first-order valence-electron chi connectivity index (χ1n) is 3.51. The molecule has 1 atom stereocenters. The Morgan fingerprint density at radius 1 is 1.90 bits per heavy atom. The lowest BCUT2D eigenvalue weighted by molar-refractivity contribution is -0.140. The highest BCUT2D eigenvalue weighted by Crippen LogP contribution is 2.26. The van der Waals surface area contributed by atoms with Crippen LogP contribution in [0.5, 0.6) is 0 Å². The molecule has 0 saturated carbocycles. The summed E-state index contributed by atoms with van der Waals surface area (Å²) in [6.45, 7) is 0. The molecular weight excluding hydrogens is 147 g/mol. The first-order chi connectivity index (χ1) is 4.83. The number of ether oxygens (including phenoxy) is 1. The van der Waals surface area contributed by atoms with Gasteiger partial charge >= 0.3 is 5.97 Å². The van der Waals surface area contributed by atoms with Crippen molar-refractivity contribution in [3.63, 3.8) is 0 Å². The maximum absolute atomic E-state index is 10.6. The standard InChI is InChI=1S/C6H11BO2S/c1-9-6(8)2-3-10-5-4-7-5/h5,7H,2-4H2,1H3. The van der Waals surface area contributed by atoms with Crippen LogP contribution in [-0.2, 0) is 9.53 Å². The van der Waals surface area contributed by atoms with E-state index in [1.807, 2.05) is 11.8 Å². The summed E-state index contributed by atoms with van der Waals surface area (Å²) in [5.74, 6) is 0.838. The highest BCUT2D eigenvalue weighted by atomic mass is 32.2. The van der Waals surface area contributed by atoms with Crippen molar-refractivity contribution < 1.29 is 9.53 Å². The molecule has 0 aromatic heterocycles. The van der Waals surface area contributed by atoms with Gasteiger partial charge in [0, 0.05) is 5.75 Å². The number of esters is 1. The summed E-state index contributed by atoms with van der Waals surface area (Å²) in [6, 6.07) is 0. The Morgan fingerprint density at radius 2 is 2.60 bits per heavy atom. The largest absolute Gasteiger partial charge is 0.469 e. The molecule has 1 aliphatic rings. The number of carbonyl (C=O) groups is 1.